The summed E-state index contributed by atoms with van der Waals surface area (Å²) in [6, 6.07) is 47.6. The molecule has 4 heterocycles. The zero-order chi connectivity index (χ0) is 30.1. The summed E-state index contributed by atoms with van der Waals surface area (Å²) < 4.78 is 4.66. The molecule has 0 N–H and O–H groups in total. The molecule has 4 aromatic heterocycles. The van der Waals surface area contributed by atoms with Crippen LogP contribution in [-0.2, 0) is 25.5 Å². The van der Waals surface area contributed by atoms with E-state index < -0.39 is 0 Å². The van der Waals surface area contributed by atoms with Gasteiger partial charge >= 0.3 is 0 Å². The Morgan fingerprint density at radius 1 is 0.689 bits per heavy atom. The molecule has 0 aliphatic carbocycles. The fourth-order valence-corrected chi connectivity index (χ4v) is 6.49. The summed E-state index contributed by atoms with van der Waals surface area (Å²) in [5, 5.41) is 2.52. The van der Waals surface area contributed by atoms with Crippen molar-refractivity contribution in [3.63, 3.8) is 0 Å². The predicted octanol–water partition coefficient (Wildman–Crippen LogP) is 10.1. The van der Waals surface area contributed by atoms with Gasteiger partial charge < -0.3 is 9.55 Å². The molecule has 0 spiro atoms. The molecule has 1 radical (unpaired) electrons. The third-order valence-electron chi connectivity index (χ3n) is 7.50. The first-order valence-electron chi connectivity index (χ1n) is 14.6. The van der Waals surface area contributed by atoms with Gasteiger partial charge in [0.1, 0.15) is 0 Å². The number of pyridine rings is 2. The molecule has 45 heavy (non-hydrogen) atoms. The Balaban J connectivity index is 0.000000231. The second-order valence-corrected chi connectivity index (χ2v) is 12.6. The van der Waals surface area contributed by atoms with E-state index in [4.69, 9.17) is 9.97 Å². The van der Waals surface area contributed by atoms with Crippen molar-refractivity contribution in [1.29, 1.82) is 0 Å². The summed E-state index contributed by atoms with van der Waals surface area (Å²) in [7, 11) is 0. The van der Waals surface area contributed by atoms with Crippen LogP contribution in [0.1, 0.15) is 26.5 Å². The molecule has 0 aliphatic heterocycles. The number of hydrogen-bond donors (Lipinski definition) is 0. The molecule has 4 nitrogen and oxygen atoms in total. The standard InChI is InChI=1S/C28H22N3S.C11H8N.Ir/c1-28(2,3)24-17-16-22-27(30-24)31(18-10-5-4-6-11-18)26(29-22)21-14-9-13-20-19-12-7-8-15-23(19)32-25(20)21;1-2-6-10(7-3-1)11-8-4-5-9-12-11;/h4-13,15-17H,1-3H3;1-6,8-9H;/q2*-1;. The van der Waals surface area contributed by atoms with Gasteiger partial charge in [-0.25, -0.2) is 4.98 Å². The molecule has 223 valence electrons. The Labute approximate surface area is 280 Å². The zero-order valence-corrected chi connectivity index (χ0v) is 28.4. The molecule has 0 fully saturated rings. The second kappa shape index (κ2) is 12.9. The van der Waals surface area contributed by atoms with E-state index in [1.54, 1.807) is 17.5 Å². The largest absolute Gasteiger partial charge is 0.318 e. The van der Waals surface area contributed by atoms with Crippen LogP contribution in [0.2, 0.25) is 0 Å². The van der Waals surface area contributed by atoms with Crippen LogP contribution in [0.15, 0.2) is 128 Å². The van der Waals surface area contributed by atoms with Crippen molar-refractivity contribution in [2.45, 2.75) is 26.2 Å². The quantitative estimate of drug-likeness (QED) is 0.168. The third-order valence-corrected chi connectivity index (χ3v) is 8.70. The number of fused-ring (bicyclic) bond motifs is 4. The molecule has 0 bridgehead atoms. The van der Waals surface area contributed by atoms with Gasteiger partial charge in [-0.05, 0) is 52.2 Å². The number of aromatic nitrogens is 4. The van der Waals surface area contributed by atoms with Crippen LogP contribution < -0.4 is 0 Å². The average Bonchev–Trinajstić information content (AvgIpc) is 3.64. The second-order valence-electron chi connectivity index (χ2n) is 11.6. The minimum atomic E-state index is -0.0439. The summed E-state index contributed by atoms with van der Waals surface area (Å²) in [6.45, 7) is 6.57. The number of imidazole rings is 1. The van der Waals surface area contributed by atoms with Crippen molar-refractivity contribution in [3.05, 3.63) is 145 Å². The summed E-state index contributed by atoms with van der Waals surface area (Å²) in [5.41, 5.74) is 6.86. The Morgan fingerprint density at radius 2 is 1.47 bits per heavy atom. The topological polar surface area (TPSA) is 43.6 Å². The Hall–Kier alpha value is -4.48. The van der Waals surface area contributed by atoms with E-state index in [-0.39, 0.29) is 25.5 Å². The number of nitrogens with zero attached hydrogens (tertiary/aromatic N) is 4. The van der Waals surface area contributed by atoms with Gasteiger partial charge in [0.05, 0.1) is 11.3 Å². The summed E-state index contributed by atoms with van der Waals surface area (Å²) in [6.07, 6.45) is 1.79. The molecule has 8 aromatic rings. The van der Waals surface area contributed by atoms with Gasteiger partial charge in [-0.3, -0.25) is 4.98 Å². The number of thiophene rings is 1. The van der Waals surface area contributed by atoms with E-state index in [1.165, 1.54) is 20.2 Å². The minimum absolute atomic E-state index is 0. The van der Waals surface area contributed by atoms with Gasteiger partial charge in [0.25, 0.3) is 0 Å². The molecule has 0 unspecified atom stereocenters. The van der Waals surface area contributed by atoms with Gasteiger partial charge in [-0.1, -0.05) is 80.3 Å². The summed E-state index contributed by atoms with van der Waals surface area (Å²) in [5.74, 6) is 0.877. The third kappa shape index (κ3) is 6.10. The van der Waals surface area contributed by atoms with Crippen molar-refractivity contribution in [3.8, 4) is 28.3 Å². The van der Waals surface area contributed by atoms with Crippen LogP contribution in [0.5, 0.6) is 0 Å². The molecule has 6 heteroatoms. The fraction of sp³-hybridized carbons (Fsp3) is 0.103. The molecule has 4 aromatic carbocycles. The SMILES string of the molecule is CC(C)(C)c1ccc2nc(-c3[c-]ccc4c3sc3ccccc34)n(-c3ccccc3)c2n1.[Ir].[c-]1ccccc1-c1ccccn1. The summed E-state index contributed by atoms with van der Waals surface area (Å²) in [4.78, 5) is 14.4. The zero-order valence-electron chi connectivity index (χ0n) is 25.2. The first-order valence-corrected chi connectivity index (χ1v) is 15.4. The molecular formula is C39H30IrN4S-2. The van der Waals surface area contributed by atoms with Crippen LogP contribution in [-0.4, -0.2) is 19.5 Å². The molecule has 0 saturated heterocycles. The van der Waals surface area contributed by atoms with Crippen LogP contribution in [0, 0.1) is 12.1 Å². The Bertz CT molecular complexity index is 2160. The van der Waals surface area contributed by atoms with E-state index in [1.807, 2.05) is 54.6 Å². The maximum Gasteiger partial charge on any atom is 0.155 e. The number of hydrogen-bond acceptors (Lipinski definition) is 4. The van der Waals surface area contributed by atoms with Gasteiger partial charge in [0.2, 0.25) is 0 Å². The van der Waals surface area contributed by atoms with Crippen molar-refractivity contribution in [2.75, 3.05) is 0 Å². The van der Waals surface area contributed by atoms with E-state index in [0.717, 1.165) is 45.2 Å². The molecule has 0 aliphatic rings. The fourth-order valence-electron chi connectivity index (χ4n) is 5.30. The molecule has 8 rings (SSSR count). The monoisotopic (exact) mass is 779 g/mol. The van der Waals surface area contributed by atoms with Crippen molar-refractivity contribution < 1.29 is 20.1 Å². The molecule has 0 amide bonds. The van der Waals surface area contributed by atoms with E-state index in [0.29, 0.717) is 0 Å². The van der Waals surface area contributed by atoms with Gasteiger partial charge in [-0.2, -0.15) is 11.3 Å². The molecular weight excluding hydrogens is 749 g/mol. The number of benzene rings is 4. The molecule has 0 saturated carbocycles. The van der Waals surface area contributed by atoms with Crippen molar-refractivity contribution in [2.24, 2.45) is 0 Å². The van der Waals surface area contributed by atoms with Crippen LogP contribution in [0.25, 0.3) is 59.7 Å². The maximum absolute atomic E-state index is 5.08. The first-order chi connectivity index (χ1) is 21.5. The van der Waals surface area contributed by atoms with Crippen LogP contribution in [0.3, 0.4) is 0 Å². The Kier molecular flexibility index (Phi) is 8.73. The van der Waals surface area contributed by atoms with Crippen LogP contribution >= 0.6 is 11.3 Å². The summed E-state index contributed by atoms with van der Waals surface area (Å²) >= 11 is 1.80. The number of rotatable bonds is 3. The van der Waals surface area contributed by atoms with Gasteiger partial charge in [-0.15, -0.1) is 54.1 Å². The van der Waals surface area contributed by atoms with Crippen molar-refractivity contribution in [1.82, 2.24) is 19.5 Å². The van der Waals surface area contributed by atoms with Gasteiger partial charge in [0.15, 0.2) is 5.65 Å². The minimum Gasteiger partial charge on any atom is -0.318 e. The van der Waals surface area contributed by atoms with E-state index in [2.05, 4.69) is 109 Å². The predicted molar refractivity (Wildman–Crippen MR) is 183 cm³/mol. The van der Waals surface area contributed by atoms with Crippen molar-refractivity contribution >= 4 is 42.7 Å². The first kappa shape index (κ1) is 30.5. The molecule has 0 atom stereocenters. The van der Waals surface area contributed by atoms with E-state index >= 15 is 0 Å². The normalized spacial score (nSPS) is 11.3. The average molecular weight is 779 g/mol. The van der Waals surface area contributed by atoms with E-state index in [9.17, 15) is 0 Å². The maximum atomic E-state index is 5.08. The van der Waals surface area contributed by atoms with Gasteiger partial charge in [0, 0.05) is 47.8 Å². The smallest absolute Gasteiger partial charge is 0.155 e. The number of para-hydroxylation sites is 1. The van der Waals surface area contributed by atoms with Crippen LogP contribution in [0.4, 0.5) is 0 Å². The Morgan fingerprint density at radius 3 is 2.22 bits per heavy atom.